The second-order valence-corrected chi connectivity index (χ2v) is 3.89. The van der Waals surface area contributed by atoms with Crippen molar-refractivity contribution in [2.24, 2.45) is 0 Å². The Labute approximate surface area is 90.8 Å². The fourth-order valence-corrected chi connectivity index (χ4v) is 1.90. The molecule has 2 heterocycles. The van der Waals surface area contributed by atoms with Crippen LogP contribution < -0.4 is 10.6 Å². The van der Waals surface area contributed by atoms with Crippen LogP contribution in [0.5, 0.6) is 0 Å². The first-order chi connectivity index (χ1) is 6.29. The Morgan fingerprint density at radius 3 is 2.50 bits per heavy atom. The van der Waals surface area contributed by atoms with E-state index in [-0.39, 0.29) is 24.4 Å². The van der Waals surface area contributed by atoms with E-state index < -0.39 is 0 Å². The number of nitrogens with one attached hydrogen (secondary N) is 2. The molecule has 2 saturated heterocycles. The zero-order valence-corrected chi connectivity index (χ0v) is 9.27. The predicted octanol–water partition coefficient (Wildman–Crippen LogP) is -0.410. The van der Waals surface area contributed by atoms with Gasteiger partial charge in [-0.1, -0.05) is 0 Å². The monoisotopic (exact) mass is 219 g/mol. The third-order valence-corrected chi connectivity index (χ3v) is 3.05. The van der Waals surface area contributed by atoms with Crippen LogP contribution in [0, 0.1) is 0 Å². The Hall–Kier alpha value is -0.320. The van der Waals surface area contributed by atoms with Gasteiger partial charge >= 0.3 is 0 Å². The van der Waals surface area contributed by atoms with Gasteiger partial charge in [0.1, 0.15) is 0 Å². The van der Waals surface area contributed by atoms with Crippen molar-refractivity contribution in [2.75, 3.05) is 26.7 Å². The normalized spacial score (nSPS) is 30.4. The molecule has 2 atom stereocenters. The Morgan fingerprint density at radius 1 is 1.36 bits per heavy atom. The topological polar surface area (TPSA) is 44.4 Å². The number of hydrogen-bond donors (Lipinski definition) is 2. The highest BCUT2D eigenvalue weighted by molar-refractivity contribution is 5.85. The number of carbonyl (C=O) groups is 1. The van der Waals surface area contributed by atoms with Crippen molar-refractivity contribution in [1.82, 2.24) is 15.5 Å². The molecule has 1 unspecified atom stereocenters. The molecule has 2 aliphatic heterocycles. The van der Waals surface area contributed by atoms with Gasteiger partial charge < -0.3 is 15.5 Å². The van der Waals surface area contributed by atoms with Gasteiger partial charge in [0.05, 0.1) is 6.04 Å². The van der Waals surface area contributed by atoms with Crippen LogP contribution in [0.3, 0.4) is 0 Å². The van der Waals surface area contributed by atoms with Gasteiger partial charge in [0.25, 0.3) is 0 Å². The summed E-state index contributed by atoms with van der Waals surface area (Å²) in [5, 5.41) is 6.41. The number of hydrogen-bond acceptors (Lipinski definition) is 3. The van der Waals surface area contributed by atoms with Gasteiger partial charge in [-0.05, 0) is 25.9 Å². The molecule has 0 saturated carbocycles. The number of carbonyl (C=O) groups excluding carboxylic acids is 1. The molecule has 4 nitrogen and oxygen atoms in total. The van der Waals surface area contributed by atoms with Crippen LogP contribution in [0.1, 0.15) is 12.8 Å². The maximum atomic E-state index is 11.7. The van der Waals surface area contributed by atoms with Gasteiger partial charge in [-0.2, -0.15) is 0 Å². The molecule has 0 aromatic rings. The highest BCUT2D eigenvalue weighted by atomic mass is 35.5. The molecule has 2 fully saturated rings. The minimum Gasteiger partial charge on any atom is -0.340 e. The van der Waals surface area contributed by atoms with Crippen molar-refractivity contribution >= 4 is 18.3 Å². The van der Waals surface area contributed by atoms with E-state index in [1.54, 1.807) is 0 Å². The zero-order valence-electron chi connectivity index (χ0n) is 8.45. The third-order valence-electron chi connectivity index (χ3n) is 3.05. The van der Waals surface area contributed by atoms with Gasteiger partial charge in [0, 0.05) is 19.6 Å². The maximum Gasteiger partial charge on any atom is 0.239 e. The summed E-state index contributed by atoms with van der Waals surface area (Å²) in [5.74, 6) is 0.264. The summed E-state index contributed by atoms with van der Waals surface area (Å²) in [7, 11) is 1.92. The van der Waals surface area contributed by atoms with Gasteiger partial charge in [0.2, 0.25) is 5.91 Å². The van der Waals surface area contributed by atoms with Crippen LogP contribution in [-0.2, 0) is 4.79 Å². The molecule has 0 spiro atoms. The molecule has 0 aromatic heterocycles. The van der Waals surface area contributed by atoms with Crippen LogP contribution in [0.25, 0.3) is 0 Å². The lowest BCUT2D eigenvalue weighted by Gasteiger charge is -2.33. The molecule has 1 amide bonds. The van der Waals surface area contributed by atoms with Crippen molar-refractivity contribution in [3.05, 3.63) is 0 Å². The Kier molecular flexibility index (Phi) is 4.16. The van der Waals surface area contributed by atoms with Crippen LogP contribution in [-0.4, -0.2) is 49.6 Å². The molecule has 0 bridgehead atoms. The van der Waals surface area contributed by atoms with E-state index in [0.29, 0.717) is 6.04 Å². The second-order valence-electron chi connectivity index (χ2n) is 3.89. The molecule has 2 aliphatic rings. The molecule has 0 radical (unpaired) electrons. The standard InChI is InChI=1S/C9H17N3O.ClH/c1-12(7-2-4-10-6-7)9(13)8-3-5-11-8;/h7-8,10-11H,2-6H2,1H3;1H/t7?,8-;/m1./s1. The summed E-state index contributed by atoms with van der Waals surface area (Å²) < 4.78 is 0. The highest BCUT2D eigenvalue weighted by Gasteiger charge is 2.31. The minimum atomic E-state index is 0. The number of rotatable bonds is 2. The smallest absolute Gasteiger partial charge is 0.239 e. The molecular weight excluding hydrogens is 202 g/mol. The Balaban J connectivity index is 0.000000980. The van der Waals surface area contributed by atoms with Crippen LogP contribution >= 0.6 is 12.4 Å². The molecule has 2 rings (SSSR count). The fourth-order valence-electron chi connectivity index (χ4n) is 1.90. The van der Waals surface area contributed by atoms with Gasteiger partial charge in [-0.25, -0.2) is 0 Å². The second kappa shape index (κ2) is 4.96. The summed E-state index contributed by atoms with van der Waals surface area (Å²) in [6.45, 7) is 2.99. The van der Waals surface area contributed by atoms with Gasteiger partial charge in [0.15, 0.2) is 0 Å². The Morgan fingerprint density at radius 2 is 2.07 bits per heavy atom. The Bertz CT molecular complexity index is 202. The average Bonchev–Trinajstić information content (AvgIpc) is 2.51. The van der Waals surface area contributed by atoms with Crippen molar-refractivity contribution < 1.29 is 4.79 Å². The first kappa shape index (κ1) is 11.8. The quantitative estimate of drug-likeness (QED) is 0.664. The van der Waals surface area contributed by atoms with Crippen molar-refractivity contribution in [3.63, 3.8) is 0 Å². The van der Waals surface area contributed by atoms with Crippen LogP contribution in [0.2, 0.25) is 0 Å². The van der Waals surface area contributed by atoms with Gasteiger partial charge in [-0.15, -0.1) is 12.4 Å². The minimum absolute atomic E-state index is 0. The van der Waals surface area contributed by atoms with Crippen LogP contribution in [0.15, 0.2) is 0 Å². The molecule has 82 valence electrons. The summed E-state index contributed by atoms with van der Waals surface area (Å²) in [6.07, 6.45) is 2.10. The molecule has 2 N–H and O–H groups in total. The summed E-state index contributed by atoms with van der Waals surface area (Å²) in [6, 6.07) is 0.514. The molecule has 0 aromatic carbocycles. The number of amides is 1. The molecular formula is C9H18ClN3O. The summed E-state index contributed by atoms with van der Waals surface area (Å²) in [5.41, 5.74) is 0. The van der Waals surface area contributed by atoms with Crippen molar-refractivity contribution in [2.45, 2.75) is 24.9 Å². The number of nitrogens with zero attached hydrogens (tertiary/aromatic N) is 1. The van der Waals surface area contributed by atoms with E-state index in [0.717, 1.165) is 32.5 Å². The van der Waals surface area contributed by atoms with E-state index in [2.05, 4.69) is 10.6 Å². The summed E-state index contributed by atoms with van der Waals surface area (Å²) >= 11 is 0. The lowest BCUT2D eigenvalue weighted by Crippen LogP contribution is -2.55. The SMILES string of the molecule is CN(C(=O)[C@H]1CCN1)C1CCNC1.Cl. The lowest BCUT2D eigenvalue weighted by molar-refractivity contribution is -0.135. The van der Waals surface area contributed by atoms with E-state index in [4.69, 9.17) is 0 Å². The average molecular weight is 220 g/mol. The third kappa shape index (κ3) is 2.19. The molecule has 14 heavy (non-hydrogen) atoms. The first-order valence-electron chi connectivity index (χ1n) is 5.00. The molecule has 0 aliphatic carbocycles. The number of halogens is 1. The van der Waals surface area contributed by atoms with E-state index in [1.807, 2.05) is 11.9 Å². The van der Waals surface area contributed by atoms with Crippen molar-refractivity contribution in [3.8, 4) is 0 Å². The predicted molar refractivity (Wildman–Crippen MR) is 57.7 cm³/mol. The van der Waals surface area contributed by atoms with E-state index >= 15 is 0 Å². The highest BCUT2D eigenvalue weighted by Crippen LogP contribution is 2.11. The summed E-state index contributed by atoms with van der Waals surface area (Å²) in [4.78, 5) is 13.6. The van der Waals surface area contributed by atoms with Gasteiger partial charge in [-0.3, -0.25) is 4.79 Å². The van der Waals surface area contributed by atoms with E-state index in [1.165, 1.54) is 0 Å². The first-order valence-corrected chi connectivity index (χ1v) is 5.00. The lowest BCUT2D eigenvalue weighted by atomic mass is 10.1. The van der Waals surface area contributed by atoms with E-state index in [9.17, 15) is 4.79 Å². The number of likely N-dealkylation sites (N-methyl/N-ethyl adjacent to an activating group) is 1. The largest absolute Gasteiger partial charge is 0.340 e. The van der Waals surface area contributed by atoms with Crippen LogP contribution in [0.4, 0.5) is 0 Å². The molecule has 5 heteroatoms. The zero-order chi connectivity index (χ0) is 9.26. The van der Waals surface area contributed by atoms with Crippen molar-refractivity contribution in [1.29, 1.82) is 0 Å². The maximum absolute atomic E-state index is 11.7. The fraction of sp³-hybridized carbons (Fsp3) is 0.889.